The molecule has 0 saturated carbocycles. The molecular formula is C14H6BrClN4S2. The molecule has 0 radical (unpaired) electrons. The number of halogens is 2. The van der Waals surface area contributed by atoms with Crippen LogP contribution in [0.2, 0.25) is 5.02 Å². The normalized spacial score (nSPS) is 10.4. The van der Waals surface area contributed by atoms with Crippen LogP contribution in [-0.2, 0) is 0 Å². The number of benzene rings is 1. The molecule has 3 aromatic rings. The third kappa shape index (κ3) is 3.31. The van der Waals surface area contributed by atoms with Crippen LogP contribution in [0.1, 0.15) is 5.69 Å². The van der Waals surface area contributed by atoms with Crippen LogP contribution in [0.15, 0.2) is 50.5 Å². The smallest absolute Gasteiger partial charge is 0.152 e. The van der Waals surface area contributed by atoms with Crippen molar-refractivity contribution >= 4 is 50.6 Å². The minimum atomic E-state index is 0.396. The zero-order chi connectivity index (χ0) is 15.5. The van der Waals surface area contributed by atoms with Gasteiger partial charge in [-0.1, -0.05) is 35.5 Å². The van der Waals surface area contributed by atoms with Crippen molar-refractivity contribution in [3.63, 3.8) is 0 Å². The van der Waals surface area contributed by atoms with Gasteiger partial charge in [-0.2, -0.15) is 5.26 Å². The number of thiazole rings is 1. The van der Waals surface area contributed by atoms with E-state index in [1.807, 2.05) is 24.3 Å². The second-order valence-electron chi connectivity index (χ2n) is 4.05. The van der Waals surface area contributed by atoms with Crippen molar-refractivity contribution in [2.24, 2.45) is 0 Å². The molecule has 0 fully saturated rings. The fourth-order valence-electron chi connectivity index (χ4n) is 1.67. The second-order valence-corrected chi connectivity index (χ2v) is 7.16. The highest BCUT2D eigenvalue weighted by Gasteiger charge is 2.13. The van der Waals surface area contributed by atoms with Crippen LogP contribution < -0.4 is 0 Å². The first kappa shape index (κ1) is 15.4. The van der Waals surface area contributed by atoms with Gasteiger partial charge in [-0.05, 0) is 22.0 Å². The molecule has 0 aliphatic carbocycles. The molecule has 0 unspecified atom stereocenters. The number of nitriles is 1. The highest BCUT2D eigenvalue weighted by Crippen LogP contribution is 2.39. The van der Waals surface area contributed by atoms with Crippen LogP contribution in [0, 0.1) is 11.3 Å². The Balaban J connectivity index is 1.95. The Labute approximate surface area is 148 Å². The molecule has 0 aliphatic heterocycles. The largest absolute Gasteiger partial charge is 0.245 e. The average molecular weight is 410 g/mol. The van der Waals surface area contributed by atoms with Gasteiger partial charge in [0.15, 0.2) is 5.69 Å². The van der Waals surface area contributed by atoms with E-state index < -0.39 is 0 Å². The van der Waals surface area contributed by atoms with Crippen molar-refractivity contribution in [3.05, 3.63) is 51.3 Å². The molecule has 4 nitrogen and oxygen atoms in total. The van der Waals surface area contributed by atoms with E-state index in [1.165, 1.54) is 23.1 Å². The van der Waals surface area contributed by atoms with Crippen molar-refractivity contribution in [2.45, 2.75) is 9.92 Å². The molecule has 0 spiro atoms. The summed E-state index contributed by atoms with van der Waals surface area (Å²) in [7, 11) is 0. The fraction of sp³-hybridized carbons (Fsp3) is 0. The molecule has 2 heterocycles. The van der Waals surface area contributed by atoms with Gasteiger partial charge in [0.2, 0.25) is 0 Å². The lowest BCUT2D eigenvalue weighted by molar-refractivity contribution is 1.03. The molecule has 0 amide bonds. The van der Waals surface area contributed by atoms with Crippen molar-refractivity contribution in [1.29, 1.82) is 5.26 Å². The zero-order valence-corrected chi connectivity index (χ0v) is 14.8. The standard InChI is InChI=1S/C14H6BrClN4S2/c15-11-5-19-12(6-18-11)22-10-3-1-2-9(13(10)16)14-20-8(4-17)7-21-14/h1-3,5-7H. The molecule has 0 saturated heterocycles. The van der Waals surface area contributed by atoms with Crippen molar-refractivity contribution in [2.75, 3.05) is 0 Å². The Morgan fingerprint density at radius 2 is 2.14 bits per heavy atom. The molecule has 8 heteroatoms. The van der Waals surface area contributed by atoms with Crippen LogP contribution in [0.5, 0.6) is 0 Å². The van der Waals surface area contributed by atoms with Gasteiger partial charge in [0, 0.05) is 15.8 Å². The van der Waals surface area contributed by atoms with Gasteiger partial charge in [-0.25, -0.2) is 15.0 Å². The Kier molecular flexibility index (Phi) is 4.74. The van der Waals surface area contributed by atoms with Gasteiger partial charge < -0.3 is 0 Å². The van der Waals surface area contributed by atoms with Crippen LogP contribution in [0.4, 0.5) is 0 Å². The summed E-state index contributed by atoms with van der Waals surface area (Å²) in [5.41, 5.74) is 1.20. The fourth-order valence-corrected chi connectivity index (χ4v) is 3.82. The van der Waals surface area contributed by atoms with Gasteiger partial charge in [-0.15, -0.1) is 11.3 Å². The minimum absolute atomic E-state index is 0.396. The van der Waals surface area contributed by atoms with Crippen LogP contribution in [-0.4, -0.2) is 15.0 Å². The number of rotatable bonds is 3. The summed E-state index contributed by atoms with van der Waals surface area (Å²) >= 11 is 12.6. The maximum atomic E-state index is 8.88. The topological polar surface area (TPSA) is 62.5 Å². The predicted molar refractivity (Wildman–Crippen MR) is 91.1 cm³/mol. The molecule has 3 rings (SSSR count). The lowest BCUT2D eigenvalue weighted by Gasteiger charge is -2.07. The Bertz CT molecular complexity index is 858. The molecule has 0 bridgehead atoms. The quantitative estimate of drug-likeness (QED) is 0.606. The second kappa shape index (κ2) is 6.75. The third-order valence-corrected chi connectivity index (χ3v) is 5.41. The maximum Gasteiger partial charge on any atom is 0.152 e. The van der Waals surface area contributed by atoms with E-state index in [-0.39, 0.29) is 0 Å². The summed E-state index contributed by atoms with van der Waals surface area (Å²) in [4.78, 5) is 13.5. The number of hydrogen-bond donors (Lipinski definition) is 0. The first-order chi connectivity index (χ1) is 10.7. The summed E-state index contributed by atoms with van der Waals surface area (Å²) in [5.74, 6) is 0. The molecule has 22 heavy (non-hydrogen) atoms. The predicted octanol–water partition coefficient (Wildman–Crippen LogP) is 5.04. The van der Waals surface area contributed by atoms with Gasteiger partial charge in [-0.3, -0.25) is 0 Å². The summed E-state index contributed by atoms with van der Waals surface area (Å²) in [6, 6.07) is 7.73. The van der Waals surface area contributed by atoms with Crippen LogP contribution in [0.3, 0.4) is 0 Å². The summed E-state index contributed by atoms with van der Waals surface area (Å²) in [5, 5.41) is 12.7. The lowest BCUT2D eigenvalue weighted by Crippen LogP contribution is -1.86. The molecule has 108 valence electrons. The Morgan fingerprint density at radius 1 is 1.27 bits per heavy atom. The molecule has 0 atom stereocenters. The van der Waals surface area contributed by atoms with Crippen molar-refractivity contribution < 1.29 is 0 Å². The summed E-state index contributed by atoms with van der Waals surface area (Å²) in [6.45, 7) is 0. The molecule has 1 aromatic carbocycles. The highest BCUT2D eigenvalue weighted by molar-refractivity contribution is 9.10. The Morgan fingerprint density at radius 3 is 2.82 bits per heavy atom. The molecular weight excluding hydrogens is 404 g/mol. The van der Waals surface area contributed by atoms with Crippen molar-refractivity contribution in [1.82, 2.24) is 15.0 Å². The Hall–Kier alpha value is -1.46. The third-order valence-electron chi connectivity index (χ3n) is 2.62. The van der Waals surface area contributed by atoms with Gasteiger partial charge in [0.25, 0.3) is 0 Å². The number of aromatic nitrogens is 3. The molecule has 0 aliphatic rings. The van der Waals surface area contributed by atoms with Crippen LogP contribution >= 0.6 is 50.6 Å². The summed E-state index contributed by atoms with van der Waals surface area (Å²) in [6.07, 6.45) is 3.31. The van der Waals surface area contributed by atoms with Gasteiger partial charge >= 0.3 is 0 Å². The SMILES string of the molecule is N#Cc1csc(-c2cccc(Sc3cnc(Br)cn3)c2Cl)n1. The number of hydrogen-bond acceptors (Lipinski definition) is 6. The monoisotopic (exact) mass is 408 g/mol. The first-order valence-corrected chi connectivity index (χ1v) is 8.84. The molecule has 2 aromatic heterocycles. The van der Waals surface area contributed by atoms with E-state index in [0.717, 1.165) is 20.5 Å². The van der Waals surface area contributed by atoms with E-state index in [0.29, 0.717) is 15.3 Å². The maximum absolute atomic E-state index is 8.88. The number of nitrogens with zero attached hydrogens (tertiary/aromatic N) is 4. The van der Waals surface area contributed by atoms with Crippen molar-refractivity contribution in [3.8, 4) is 16.6 Å². The highest BCUT2D eigenvalue weighted by atomic mass is 79.9. The first-order valence-electron chi connectivity index (χ1n) is 5.97. The zero-order valence-electron chi connectivity index (χ0n) is 10.8. The summed E-state index contributed by atoms with van der Waals surface area (Å²) < 4.78 is 0.684. The minimum Gasteiger partial charge on any atom is -0.245 e. The lowest BCUT2D eigenvalue weighted by atomic mass is 10.2. The average Bonchev–Trinajstić information content (AvgIpc) is 3.00. The van der Waals surface area contributed by atoms with E-state index in [9.17, 15) is 0 Å². The van der Waals surface area contributed by atoms with E-state index >= 15 is 0 Å². The van der Waals surface area contributed by atoms with E-state index in [4.69, 9.17) is 16.9 Å². The molecule has 0 N–H and O–H groups in total. The van der Waals surface area contributed by atoms with Crippen LogP contribution in [0.25, 0.3) is 10.6 Å². The van der Waals surface area contributed by atoms with Gasteiger partial charge in [0.05, 0.1) is 17.4 Å². The van der Waals surface area contributed by atoms with E-state index in [2.05, 4.69) is 30.9 Å². The van der Waals surface area contributed by atoms with E-state index in [1.54, 1.807) is 17.8 Å². The van der Waals surface area contributed by atoms with Gasteiger partial charge in [0.1, 0.15) is 20.7 Å².